The van der Waals surface area contributed by atoms with Crippen molar-refractivity contribution in [3.63, 3.8) is 0 Å². The van der Waals surface area contributed by atoms with Gasteiger partial charge in [-0.15, -0.1) is 10.2 Å². The number of fused-ring (bicyclic) bond motifs is 1. The summed E-state index contributed by atoms with van der Waals surface area (Å²) < 4.78 is 1.92. The highest BCUT2D eigenvalue weighted by atomic mass is 16.2. The minimum atomic E-state index is -0.264. The molecule has 3 heterocycles. The van der Waals surface area contributed by atoms with Gasteiger partial charge in [0, 0.05) is 19.2 Å². The summed E-state index contributed by atoms with van der Waals surface area (Å²) >= 11 is 0. The predicted octanol–water partition coefficient (Wildman–Crippen LogP) is 1.90. The van der Waals surface area contributed by atoms with Gasteiger partial charge in [-0.25, -0.2) is 4.98 Å². The first-order valence-electron chi connectivity index (χ1n) is 6.70. The maximum Gasteiger partial charge on any atom is 0.294 e. The molecule has 0 unspecified atom stereocenters. The molecule has 2 aromatic rings. The number of aryl methyl sites for hydroxylation is 1. The van der Waals surface area contributed by atoms with Gasteiger partial charge in [0.25, 0.3) is 5.91 Å². The zero-order chi connectivity index (χ0) is 14.2. The molecule has 2 aromatic heterocycles. The fourth-order valence-corrected chi connectivity index (χ4v) is 2.42. The van der Waals surface area contributed by atoms with Crippen LogP contribution in [-0.4, -0.2) is 25.7 Å². The van der Waals surface area contributed by atoms with Gasteiger partial charge in [0.15, 0.2) is 0 Å². The molecule has 0 saturated carbocycles. The van der Waals surface area contributed by atoms with Gasteiger partial charge in [0.2, 0.25) is 5.82 Å². The van der Waals surface area contributed by atoms with E-state index in [2.05, 4.69) is 34.3 Å². The average Bonchev–Trinajstić information content (AvgIpc) is 2.81. The second kappa shape index (κ2) is 4.70. The van der Waals surface area contributed by atoms with E-state index in [1.54, 1.807) is 18.3 Å². The molecule has 1 amide bonds. The molecule has 104 valence electrons. The van der Waals surface area contributed by atoms with E-state index >= 15 is 0 Å². The van der Waals surface area contributed by atoms with Gasteiger partial charge < -0.3 is 9.88 Å². The highest BCUT2D eigenvalue weighted by Crippen LogP contribution is 2.30. The van der Waals surface area contributed by atoms with Crippen LogP contribution in [0.25, 0.3) is 0 Å². The maximum absolute atomic E-state index is 12.3. The highest BCUT2D eigenvalue weighted by Gasteiger charge is 2.30. The van der Waals surface area contributed by atoms with Crippen molar-refractivity contribution in [2.75, 3.05) is 5.32 Å². The summed E-state index contributed by atoms with van der Waals surface area (Å²) in [6, 6.07) is 5.37. The summed E-state index contributed by atoms with van der Waals surface area (Å²) in [5.74, 6) is 1.50. The van der Waals surface area contributed by atoms with Crippen LogP contribution in [0, 0.1) is 5.41 Å². The Bertz CT molecular complexity index is 632. The monoisotopic (exact) mass is 271 g/mol. The third-order valence-corrected chi connectivity index (χ3v) is 3.55. The summed E-state index contributed by atoms with van der Waals surface area (Å²) in [6.45, 7) is 5.15. The Balaban J connectivity index is 1.85. The minimum absolute atomic E-state index is 0.162. The van der Waals surface area contributed by atoms with Crippen molar-refractivity contribution in [1.82, 2.24) is 19.7 Å². The van der Waals surface area contributed by atoms with E-state index in [0.717, 1.165) is 25.2 Å². The van der Waals surface area contributed by atoms with Crippen LogP contribution in [0.5, 0.6) is 0 Å². The van der Waals surface area contributed by atoms with E-state index in [4.69, 9.17) is 0 Å². The summed E-state index contributed by atoms with van der Waals surface area (Å²) in [4.78, 5) is 16.4. The summed E-state index contributed by atoms with van der Waals surface area (Å²) in [6.07, 6.45) is 3.56. The summed E-state index contributed by atoms with van der Waals surface area (Å²) in [5.41, 5.74) is 0.162. The van der Waals surface area contributed by atoms with E-state index in [-0.39, 0.29) is 11.3 Å². The molecule has 0 aliphatic carbocycles. The van der Waals surface area contributed by atoms with Crippen LogP contribution in [0.1, 0.15) is 36.7 Å². The zero-order valence-corrected chi connectivity index (χ0v) is 11.6. The van der Waals surface area contributed by atoms with Crippen LogP contribution in [0.3, 0.4) is 0 Å². The smallest absolute Gasteiger partial charge is 0.294 e. The first-order chi connectivity index (χ1) is 9.55. The highest BCUT2D eigenvalue weighted by molar-refractivity contribution is 6.01. The predicted molar refractivity (Wildman–Crippen MR) is 74.3 cm³/mol. The number of carbonyl (C=O) groups is 1. The Morgan fingerprint density at radius 3 is 2.95 bits per heavy atom. The number of rotatable bonds is 2. The van der Waals surface area contributed by atoms with E-state index in [9.17, 15) is 4.79 Å². The topological polar surface area (TPSA) is 72.7 Å². The molecule has 3 rings (SSSR count). The van der Waals surface area contributed by atoms with Gasteiger partial charge in [0.1, 0.15) is 11.6 Å². The van der Waals surface area contributed by atoms with E-state index in [0.29, 0.717) is 11.6 Å². The van der Waals surface area contributed by atoms with Crippen LogP contribution in [-0.2, 0) is 13.0 Å². The van der Waals surface area contributed by atoms with Crippen molar-refractivity contribution in [3.05, 3.63) is 36.0 Å². The van der Waals surface area contributed by atoms with Crippen molar-refractivity contribution in [2.24, 2.45) is 5.41 Å². The number of aromatic nitrogens is 4. The number of hydrogen-bond donors (Lipinski definition) is 1. The largest absolute Gasteiger partial charge is 0.306 e. The Hall–Kier alpha value is -2.24. The van der Waals surface area contributed by atoms with Gasteiger partial charge in [-0.2, -0.15) is 0 Å². The fourth-order valence-electron chi connectivity index (χ4n) is 2.42. The first kappa shape index (κ1) is 12.8. The molecule has 0 aromatic carbocycles. The number of pyridine rings is 1. The number of carbonyl (C=O) groups excluding carboxylic acids is 1. The molecule has 1 aliphatic heterocycles. The van der Waals surface area contributed by atoms with Crippen molar-refractivity contribution < 1.29 is 4.79 Å². The fraction of sp³-hybridized carbons (Fsp3) is 0.429. The van der Waals surface area contributed by atoms with Gasteiger partial charge >= 0.3 is 0 Å². The van der Waals surface area contributed by atoms with Crippen molar-refractivity contribution in [1.29, 1.82) is 0 Å². The molecule has 0 saturated heterocycles. The van der Waals surface area contributed by atoms with Crippen LogP contribution in [0.15, 0.2) is 24.4 Å². The van der Waals surface area contributed by atoms with Crippen molar-refractivity contribution in [2.45, 2.75) is 33.2 Å². The molecule has 0 spiro atoms. The number of nitrogens with zero attached hydrogens (tertiary/aromatic N) is 4. The molecular weight excluding hydrogens is 254 g/mol. The summed E-state index contributed by atoms with van der Waals surface area (Å²) in [5, 5.41) is 10.9. The average molecular weight is 271 g/mol. The SMILES string of the molecule is CC1(C)CCc2nnc(C(=O)Nc3ccccn3)n2C1. The van der Waals surface area contributed by atoms with Crippen molar-refractivity contribution >= 4 is 11.7 Å². The molecule has 6 heteroatoms. The quantitative estimate of drug-likeness (QED) is 0.905. The third kappa shape index (κ3) is 2.41. The van der Waals surface area contributed by atoms with Crippen LogP contribution < -0.4 is 5.32 Å². The van der Waals surface area contributed by atoms with Gasteiger partial charge in [-0.05, 0) is 24.0 Å². The number of amides is 1. The molecule has 0 radical (unpaired) electrons. The van der Waals surface area contributed by atoms with Crippen LogP contribution in [0.2, 0.25) is 0 Å². The second-order valence-electron chi connectivity index (χ2n) is 5.86. The van der Waals surface area contributed by atoms with Crippen LogP contribution >= 0.6 is 0 Å². The van der Waals surface area contributed by atoms with Crippen molar-refractivity contribution in [3.8, 4) is 0 Å². The molecule has 20 heavy (non-hydrogen) atoms. The molecule has 6 nitrogen and oxygen atoms in total. The molecule has 0 fully saturated rings. The first-order valence-corrected chi connectivity index (χ1v) is 6.70. The lowest BCUT2D eigenvalue weighted by Crippen LogP contribution is -2.30. The lowest BCUT2D eigenvalue weighted by atomic mass is 9.85. The summed E-state index contributed by atoms with van der Waals surface area (Å²) in [7, 11) is 0. The Kier molecular flexibility index (Phi) is 3.00. The molecule has 1 N–H and O–H groups in total. The molecule has 1 aliphatic rings. The van der Waals surface area contributed by atoms with Gasteiger partial charge in [0.05, 0.1) is 0 Å². The standard InChI is InChI=1S/C14H17N5O/c1-14(2)7-6-11-17-18-12(19(11)9-14)13(20)16-10-5-3-4-8-15-10/h3-5,8H,6-7,9H2,1-2H3,(H,15,16,20). The van der Waals surface area contributed by atoms with Gasteiger partial charge in [-0.3, -0.25) is 4.79 Å². The Labute approximate surface area is 117 Å². The third-order valence-electron chi connectivity index (χ3n) is 3.55. The maximum atomic E-state index is 12.3. The normalized spacial score (nSPS) is 16.5. The van der Waals surface area contributed by atoms with E-state index < -0.39 is 0 Å². The lowest BCUT2D eigenvalue weighted by Gasteiger charge is -2.30. The molecular formula is C14H17N5O. The number of anilines is 1. The Morgan fingerprint density at radius 2 is 2.20 bits per heavy atom. The number of hydrogen-bond acceptors (Lipinski definition) is 4. The van der Waals surface area contributed by atoms with E-state index in [1.165, 1.54) is 0 Å². The molecule has 0 atom stereocenters. The lowest BCUT2D eigenvalue weighted by molar-refractivity contribution is 0.100. The van der Waals surface area contributed by atoms with E-state index in [1.807, 2.05) is 10.6 Å². The van der Waals surface area contributed by atoms with Gasteiger partial charge in [-0.1, -0.05) is 19.9 Å². The number of nitrogens with one attached hydrogen (secondary N) is 1. The second-order valence-corrected chi connectivity index (χ2v) is 5.86. The zero-order valence-electron chi connectivity index (χ0n) is 11.6. The Morgan fingerprint density at radius 1 is 1.35 bits per heavy atom. The minimum Gasteiger partial charge on any atom is -0.306 e. The molecule has 0 bridgehead atoms. The van der Waals surface area contributed by atoms with Crippen LogP contribution in [0.4, 0.5) is 5.82 Å².